The number of sulfonamides is 1. The van der Waals surface area contributed by atoms with Gasteiger partial charge in [0.1, 0.15) is 0 Å². The van der Waals surface area contributed by atoms with Gasteiger partial charge in [-0.3, -0.25) is 0 Å². The Kier molecular flexibility index (Phi) is 3.69. The normalized spacial score (nSPS) is 11.5. The first-order valence-electron chi connectivity index (χ1n) is 6.16. The highest BCUT2D eigenvalue weighted by atomic mass is 35.5. The summed E-state index contributed by atoms with van der Waals surface area (Å²) in [7, 11) is -3.72. The van der Waals surface area contributed by atoms with Crippen LogP contribution in [-0.2, 0) is 10.0 Å². The third-order valence-electron chi connectivity index (χ3n) is 2.95. The maximum atomic E-state index is 11.2. The van der Waals surface area contributed by atoms with E-state index in [2.05, 4.69) is 10.2 Å². The van der Waals surface area contributed by atoms with E-state index in [9.17, 15) is 8.42 Å². The SMILES string of the molecule is NS(=O)(=O)c1ccc(-c2nnc(-c3ccc(Cl)cc3)o2)cc1. The Balaban J connectivity index is 1.92. The number of hydrogen-bond donors (Lipinski definition) is 1. The molecular formula is C14H10ClN3O3S. The monoisotopic (exact) mass is 335 g/mol. The van der Waals surface area contributed by atoms with Crippen LogP contribution in [0.15, 0.2) is 57.8 Å². The molecule has 6 nitrogen and oxygen atoms in total. The molecule has 1 heterocycles. The first-order valence-corrected chi connectivity index (χ1v) is 8.08. The van der Waals surface area contributed by atoms with Gasteiger partial charge in [-0.05, 0) is 48.5 Å². The fourth-order valence-electron chi connectivity index (χ4n) is 1.84. The van der Waals surface area contributed by atoms with Gasteiger partial charge in [-0.1, -0.05) is 11.6 Å². The molecule has 0 spiro atoms. The maximum Gasteiger partial charge on any atom is 0.248 e. The summed E-state index contributed by atoms with van der Waals surface area (Å²) >= 11 is 5.83. The van der Waals surface area contributed by atoms with Crippen molar-refractivity contribution in [2.45, 2.75) is 4.90 Å². The van der Waals surface area contributed by atoms with Crippen molar-refractivity contribution in [1.82, 2.24) is 10.2 Å². The van der Waals surface area contributed by atoms with E-state index >= 15 is 0 Å². The molecule has 0 saturated heterocycles. The van der Waals surface area contributed by atoms with Gasteiger partial charge < -0.3 is 4.42 Å². The number of aromatic nitrogens is 2. The second-order valence-corrected chi connectivity index (χ2v) is 6.49. The first-order chi connectivity index (χ1) is 10.4. The highest BCUT2D eigenvalue weighted by molar-refractivity contribution is 7.89. The number of nitrogens with two attached hydrogens (primary N) is 1. The standard InChI is InChI=1S/C14H10ClN3O3S/c15-11-5-1-9(2-6-11)13-17-18-14(21-13)10-3-7-12(8-4-10)22(16,19)20/h1-8H,(H2,16,19,20). The van der Waals surface area contributed by atoms with E-state index in [0.29, 0.717) is 16.5 Å². The molecule has 0 saturated carbocycles. The lowest BCUT2D eigenvalue weighted by Gasteiger charge is -1.99. The van der Waals surface area contributed by atoms with E-state index in [1.54, 1.807) is 36.4 Å². The Morgan fingerprint density at radius 3 is 1.77 bits per heavy atom. The lowest BCUT2D eigenvalue weighted by Crippen LogP contribution is -2.11. The summed E-state index contributed by atoms with van der Waals surface area (Å²) in [6, 6.07) is 12.9. The molecule has 0 bridgehead atoms. The minimum atomic E-state index is -3.72. The highest BCUT2D eigenvalue weighted by Crippen LogP contribution is 2.25. The van der Waals surface area contributed by atoms with Gasteiger partial charge in [-0.15, -0.1) is 10.2 Å². The van der Waals surface area contributed by atoms with Crippen LogP contribution in [0.4, 0.5) is 0 Å². The van der Waals surface area contributed by atoms with E-state index in [1.165, 1.54) is 12.1 Å². The van der Waals surface area contributed by atoms with Crippen molar-refractivity contribution >= 4 is 21.6 Å². The van der Waals surface area contributed by atoms with E-state index < -0.39 is 10.0 Å². The molecule has 2 N–H and O–H groups in total. The molecule has 0 aliphatic rings. The first kappa shape index (κ1) is 14.7. The minimum absolute atomic E-state index is 0.0219. The maximum absolute atomic E-state index is 11.2. The van der Waals surface area contributed by atoms with Gasteiger partial charge in [0.2, 0.25) is 21.8 Å². The van der Waals surface area contributed by atoms with Gasteiger partial charge in [-0.2, -0.15) is 0 Å². The largest absolute Gasteiger partial charge is 0.416 e. The molecule has 3 rings (SSSR count). The molecular weight excluding hydrogens is 326 g/mol. The van der Waals surface area contributed by atoms with E-state index in [-0.39, 0.29) is 10.8 Å². The Labute approximate surface area is 131 Å². The molecule has 0 unspecified atom stereocenters. The summed E-state index contributed by atoms with van der Waals surface area (Å²) in [4.78, 5) is 0.0219. The average Bonchev–Trinajstić information content (AvgIpc) is 2.97. The Bertz CT molecular complexity index is 903. The van der Waals surface area contributed by atoms with Crippen LogP contribution in [-0.4, -0.2) is 18.6 Å². The third kappa shape index (κ3) is 3.01. The number of benzene rings is 2. The topological polar surface area (TPSA) is 99.1 Å². The molecule has 8 heteroatoms. The van der Waals surface area contributed by atoms with Gasteiger partial charge in [0.05, 0.1) is 4.90 Å². The van der Waals surface area contributed by atoms with Gasteiger partial charge in [0.15, 0.2) is 0 Å². The second-order valence-electron chi connectivity index (χ2n) is 4.49. The molecule has 0 amide bonds. The molecule has 0 aliphatic carbocycles. The summed E-state index contributed by atoms with van der Waals surface area (Å²) in [6.45, 7) is 0. The van der Waals surface area contributed by atoms with Crippen molar-refractivity contribution in [3.8, 4) is 22.9 Å². The van der Waals surface area contributed by atoms with Gasteiger partial charge >= 0.3 is 0 Å². The Morgan fingerprint density at radius 1 is 0.864 bits per heavy atom. The number of nitrogens with zero attached hydrogens (tertiary/aromatic N) is 2. The van der Waals surface area contributed by atoms with E-state index in [4.69, 9.17) is 21.2 Å². The number of rotatable bonds is 3. The fraction of sp³-hybridized carbons (Fsp3) is 0. The van der Waals surface area contributed by atoms with Crippen LogP contribution < -0.4 is 5.14 Å². The van der Waals surface area contributed by atoms with Crippen LogP contribution in [0.3, 0.4) is 0 Å². The van der Waals surface area contributed by atoms with Gasteiger partial charge in [0.25, 0.3) is 0 Å². The van der Waals surface area contributed by atoms with Crippen molar-refractivity contribution < 1.29 is 12.8 Å². The van der Waals surface area contributed by atoms with Crippen LogP contribution in [0.5, 0.6) is 0 Å². The summed E-state index contributed by atoms with van der Waals surface area (Å²) in [5.41, 5.74) is 1.34. The zero-order valence-corrected chi connectivity index (χ0v) is 12.7. The van der Waals surface area contributed by atoms with Crippen molar-refractivity contribution in [3.63, 3.8) is 0 Å². The van der Waals surface area contributed by atoms with E-state index in [1.807, 2.05) is 0 Å². The molecule has 112 valence electrons. The molecule has 1 aromatic heterocycles. The average molecular weight is 336 g/mol. The van der Waals surface area contributed by atoms with Crippen LogP contribution in [0.25, 0.3) is 22.9 Å². The summed E-state index contributed by atoms with van der Waals surface area (Å²) in [6.07, 6.45) is 0. The van der Waals surface area contributed by atoms with Crippen molar-refractivity contribution in [2.75, 3.05) is 0 Å². The van der Waals surface area contributed by atoms with Crippen LogP contribution in [0.2, 0.25) is 5.02 Å². The van der Waals surface area contributed by atoms with Gasteiger partial charge in [0, 0.05) is 16.1 Å². The molecule has 0 aliphatic heterocycles. The fourth-order valence-corrected chi connectivity index (χ4v) is 2.48. The highest BCUT2D eigenvalue weighted by Gasteiger charge is 2.12. The van der Waals surface area contributed by atoms with Crippen LogP contribution >= 0.6 is 11.6 Å². The zero-order chi connectivity index (χ0) is 15.7. The molecule has 22 heavy (non-hydrogen) atoms. The minimum Gasteiger partial charge on any atom is -0.416 e. The van der Waals surface area contributed by atoms with E-state index in [0.717, 1.165) is 5.56 Å². The summed E-state index contributed by atoms with van der Waals surface area (Å²) in [5.74, 6) is 0.633. The molecule has 0 atom stereocenters. The van der Waals surface area contributed by atoms with Crippen molar-refractivity contribution in [3.05, 3.63) is 53.6 Å². The lowest BCUT2D eigenvalue weighted by molar-refractivity contribution is 0.584. The van der Waals surface area contributed by atoms with Gasteiger partial charge in [-0.25, -0.2) is 13.6 Å². The Morgan fingerprint density at radius 2 is 1.32 bits per heavy atom. The smallest absolute Gasteiger partial charge is 0.248 e. The van der Waals surface area contributed by atoms with Crippen LogP contribution in [0.1, 0.15) is 0 Å². The lowest BCUT2D eigenvalue weighted by atomic mass is 10.2. The molecule has 0 radical (unpaired) electrons. The predicted molar refractivity (Wildman–Crippen MR) is 81.6 cm³/mol. The van der Waals surface area contributed by atoms with Crippen molar-refractivity contribution in [1.29, 1.82) is 0 Å². The molecule has 3 aromatic rings. The van der Waals surface area contributed by atoms with Crippen LogP contribution in [0, 0.1) is 0 Å². The molecule has 2 aromatic carbocycles. The predicted octanol–water partition coefficient (Wildman–Crippen LogP) is 2.70. The molecule has 0 fully saturated rings. The quantitative estimate of drug-likeness (QED) is 0.793. The number of halogens is 1. The summed E-state index contributed by atoms with van der Waals surface area (Å²) in [5, 5.41) is 13.6. The van der Waals surface area contributed by atoms with Crippen molar-refractivity contribution in [2.24, 2.45) is 5.14 Å². The second kappa shape index (κ2) is 5.53. The summed E-state index contributed by atoms with van der Waals surface area (Å²) < 4.78 is 28.0. The number of hydrogen-bond acceptors (Lipinski definition) is 5. The Hall–Kier alpha value is -2.22. The number of primary sulfonamides is 1. The third-order valence-corrected chi connectivity index (χ3v) is 4.13. The zero-order valence-electron chi connectivity index (χ0n) is 11.1.